The van der Waals surface area contributed by atoms with Gasteiger partial charge >= 0.3 is 0 Å². The highest BCUT2D eigenvalue weighted by Crippen LogP contribution is 2.47. The molecule has 1 aromatic carbocycles. The van der Waals surface area contributed by atoms with Crippen molar-refractivity contribution in [2.75, 3.05) is 26.7 Å². The molecule has 0 aliphatic carbocycles. The van der Waals surface area contributed by atoms with Crippen LogP contribution in [0.4, 0.5) is 0 Å². The minimum absolute atomic E-state index is 0.133. The fourth-order valence-electron chi connectivity index (χ4n) is 5.69. The van der Waals surface area contributed by atoms with Crippen LogP contribution in [0.3, 0.4) is 0 Å². The molecular formula is C23H27N3O3. The highest BCUT2D eigenvalue weighted by molar-refractivity contribution is 5.94. The largest absolute Gasteiger partial charge is 0.497 e. The summed E-state index contributed by atoms with van der Waals surface area (Å²) in [7, 11) is 1.67. The predicted octanol–water partition coefficient (Wildman–Crippen LogP) is 2.39. The Hall–Kier alpha value is -2.60. The summed E-state index contributed by atoms with van der Waals surface area (Å²) in [6, 6.07) is 12.2. The number of aryl methyl sites for hydroxylation is 1. The number of piperidine rings is 3. The van der Waals surface area contributed by atoms with Gasteiger partial charge in [-0.3, -0.25) is 14.5 Å². The van der Waals surface area contributed by atoms with Crippen molar-refractivity contribution in [2.45, 2.75) is 37.8 Å². The smallest absolute Gasteiger partial charge is 0.260 e. The predicted molar refractivity (Wildman–Crippen MR) is 110 cm³/mol. The Kier molecular flexibility index (Phi) is 4.46. The van der Waals surface area contributed by atoms with Gasteiger partial charge in [-0.2, -0.15) is 0 Å². The first-order valence-electron chi connectivity index (χ1n) is 10.5. The minimum atomic E-state index is -0.291. The maximum Gasteiger partial charge on any atom is 0.260 e. The molecule has 6 nitrogen and oxygen atoms in total. The minimum Gasteiger partial charge on any atom is -0.497 e. The van der Waals surface area contributed by atoms with Crippen molar-refractivity contribution in [2.24, 2.45) is 5.92 Å². The number of ether oxygens (including phenoxy) is 1. The van der Waals surface area contributed by atoms with Crippen LogP contribution in [0.5, 0.6) is 5.75 Å². The van der Waals surface area contributed by atoms with E-state index in [0.29, 0.717) is 18.5 Å². The van der Waals surface area contributed by atoms with E-state index in [1.165, 1.54) is 5.56 Å². The number of benzene rings is 1. The Bertz CT molecular complexity index is 976. The molecule has 4 fully saturated rings. The number of amides is 1. The van der Waals surface area contributed by atoms with Crippen LogP contribution in [0, 0.1) is 12.8 Å². The highest BCUT2D eigenvalue weighted by Gasteiger charge is 2.54. The quantitative estimate of drug-likeness (QED) is 0.870. The summed E-state index contributed by atoms with van der Waals surface area (Å²) in [5.41, 5.74) is 1.97. The van der Waals surface area contributed by atoms with Gasteiger partial charge in [0.2, 0.25) is 0 Å². The number of likely N-dealkylation sites (tertiary alicyclic amines) is 1. The SMILES string of the molecule is COc1ccc([C@H]2CN(C(=O)c3ccc(C)[nH]c3=O)[C@H]3C4CCN(CC4)[C@@H]23)cc1. The summed E-state index contributed by atoms with van der Waals surface area (Å²) in [6.07, 6.45) is 2.26. The van der Waals surface area contributed by atoms with Gasteiger partial charge in [0.15, 0.2) is 0 Å². The number of carbonyl (C=O) groups is 1. The van der Waals surface area contributed by atoms with E-state index >= 15 is 0 Å². The Morgan fingerprint density at radius 1 is 1.07 bits per heavy atom. The lowest BCUT2D eigenvalue weighted by Gasteiger charge is -2.51. The number of nitrogens with one attached hydrogen (secondary N) is 1. The molecule has 4 saturated heterocycles. The van der Waals surface area contributed by atoms with E-state index in [1.54, 1.807) is 19.2 Å². The fourth-order valence-corrected chi connectivity index (χ4v) is 5.69. The Labute approximate surface area is 170 Å². The number of pyridine rings is 1. The van der Waals surface area contributed by atoms with Crippen LogP contribution < -0.4 is 10.3 Å². The van der Waals surface area contributed by atoms with Gasteiger partial charge in [0.25, 0.3) is 11.5 Å². The number of rotatable bonds is 3. The lowest BCUT2D eigenvalue weighted by Crippen LogP contribution is -2.61. The van der Waals surface area contributed by atoms with E-state index < -0.39 is 0 Å². The molecule has 6 heteroatoms. The lowest BCUT2D eigenvalue weighted by molar-refractivity contribution is -0.00346. The van der Waals surface area contributed by atoms with Crippen LogP contribution in [0.15, 0.2) is 41.2 Å². The average Bonchev–Trinajstić information content (AvgIpc) is 3.17. The molecule has 5 heterocycles. The average molecular weight is 393 g/mol. The number of fused-ring (bicyclic) bond motifs is 2. The molecule has 0 unspecified atom stereocenters. The molecule has 1 aromatic heterocycles. The van der Waals surface area contributed by atoms with Gasteiger partial charge in [0.05, 0.1) is 13.2 Å². The molecular weight excluding hydrogens is 366 g/mol. The first kappa shape index (κ1) is 18.4. The van der Waals surface area contributed by atoms with Crippen LogP contribution in [-0.2, 0) is 0 Å². The van der Waals surface area contributed by atoms with Crippen molar-refractivity contribution in [3.8, 4) is 5.75 Å². The Morgan fingerprint density at radius 3 is 2.45 bits per heavy atom. The van der Waals surface area contributed by atoms with Gasteiger partial charge in [0, 0.05) is 24.2 Å². The summed E-state index contributed by atoms with van der Waals surface area (Å²) in [5.74, 6) is 1.48. The number of methoxy groups -OCH3 is 1. The third-order valence-electron chi connectivity index (χ3n) is 7.08. The van der Waals surface area contributed by atoms with E-state index in [2.05, 4.69) is 22.0 Å². The second-order valence-electron chi connectivity index (χ2n) is 8.58. The summed E-state index contributed by atoms with van der Waals surface area (Å²) in [4.78, 5) is 33.2. The second kappa shape index (κ2) is 7.02. The van der Waals surface area contributed by atoms with Crippen LogP contribution in [0.2, 0.25) is 0 Å². The fraction of sp³-hybridized carbons (Fsp3) is 0.478. The third kappa shape index (κ3) is 2.97. The molecule has 1 amide bonds. The zero-order valence-electron chi connectivity index (χ0n) is 16.9. The normalized spacial score (nSPS) is 30.3. The third-order valence-corrected chi connectivity index (χ3v) is 7.08. The maximum atomic E-state index is 13.5. The van der Waals surface area contributed by atoms with E-state index in [0.717, 1.165) is 37.4 Å². The zero-order chi connectivity index (χ0) is 20.1. The van der Waals surface area contributed by atoms with Crippen molar-refractivity contribution in [1.29, 1.82) is 0 Å². The first-order valence-corrected chi connectivity index (χ1v) is 10.5. The van der Waals surface area contributed by atoms with Crippen molar-refractivity contribution in [3.05, 3.63) is 63.6 Å². The Balaban J connectivity index is 1.52. The van der Waals surface area contributed by atoms with Crippen molar-refractivity contribution >= 4 is 5.91 Å². The lowest BCUT2D eigenvalue weighted by atomic mass is 9.75. The van der Waals surface area contributed by atoms with Crippen molar-refractivity contribution in [3.63, 3.8) is 0 Å². The number of carbonyl (C=O) groups excluding carboxylic acids is 1. The standard InChI is InChI=1S/C23H27N3O3/c1-14-3-8-18(22(27)24-14)23(28)26-13-19(15-4-6-17(29-2)7-5-15)21-20(26)16-9-11-25(21)12-10-16/h3-8,16,19-21H,9-13H2,1-2H3,(H,24,27)/t19-,20+,21+/m1/s1. The molecule has 6 rings (SSSR count). The summed E-state index contributed by atoms with van der Waals surface area (Å²) in [5, 5.41) is 0. The summed E-state index contributed by atoms with van der Waals surface area (Å²) >= 11 is 0. The van der Waals surface area contributed by atoms with E-state index in [-0.39, 0.29) is 29.0 Å². The highest BCUT2D eigenvalue weighted by atomic mass is 16.5. The van der Waals surface area contributed by atoms with Crippen molar-refractivity contribution in [1.82, 2.24) is 14.8 Å². The number of aromatic amines is 1. The molecule has 4 aliphatic heterocycles. The van der Waals surface area contributed by atoms with E-state index in [4.69, 9.17) is 4.74 Å². The number of hydrogen-bond acceptors (Lipinski definition) is 4. The molecule has 3 atom stereocenters. The molecule has 0 radical (unpaired) electrons. The van der Waals surface area contributed by atoms with Crippen LogP contribution in [0.25, 0.3) is 0 Å². The summed E-state index contributed by atoms with van der Waals surface area (Å²) < 4.78 is 5.31. The molecule has 0 saturated carbocycles. The molecule has 4 aliphatic rings. The van der Waals surface area contributed by atoms with Crippen LogP contribution in [-0.4, -0.2) is 59.5 Å². The first-order chi connectivity index (χ1) is 14.1. The monoisotopic (exact) mass is 393 g/mol. The van der Waals surface area contributed by atoms with E-state index in [9.17, 15) is 9.59 Å². The van der Waals surface area contributed by atoms with Crippen molar-refractivity contribution < 1.29 is 9.53 Å². The molecule has 0 spiro atoms. The second-order valence-corrected chi connectivity index (χ2v) is 8.58. The van der Waals surface area contributed by atoms with Gasteiger partial charge in [-0.05, 0) is 68.6 Å². The molecule has 1 N–H and O–H groups in total. The summed E-state index contributed by atoms with van der Waals surface area (Å²) in [6.45, 7) is 4.69. The van der Waals surface area contributed by atoms with Gasteiger partial charge in [-0.1, -0.05) is 12.1 Å². The van der Waals surface area contributed by atoms with Crippen LogP contribution in [0.1, 0.15) is 40.4 Å². The number of hydrogen-bond donors (Lipinski definition) is 1. The number of aromatic nitrogens is 1. The Morgan fingerprint density at radius 2 is 1.79 bits per heavy atom. The maximum absolute atomic E-state index is 13.5. The molecule has 2 bridgehead atoms. The topological polar surface area (TPSA) is 65.6 Å². The molecule has 152 valence electrons. The molecule has 29 heavy (non-hydrogen) atoms. The van der Waals surface area contributed by atoms with Gasteiger partial charge in [-0.15, -0.1) is 0 Å². The van der Waals surface area contributed by atoms with Crippen LogP contribution >= 0.6 is 0 Å². The molecule has 2 aromatic rings. The zero-order valence-corrected chi connectivity index (χ0v) is 16.9. The van der Waals surface area contributed by atoms with E-state index in [1.807, 2.05) is 24.0 Å². The number of H-pyrrole nitrogens is 1. The van der Waals surface area contributed by atoms with Gasteiger partial charge in [-0.25, -0.2) is 0 Å². The van der Waals surface area contributed by atoms with Gasteiger partial charge in [0.1, 0.15) is 11.3 Å². The number of nitrogens with zero attached hydrogens (tertiary/aromatic N) is 2. The van der Waals surface area contributed by atoms with Gasteiger partial charge < -0.3 is 14.6 Å².